The molecule has 0 spiro atoms. The van der Waals surface area contributed by atoms with E-state index in [-0.39, 0.29) is 17.0 Å². The number of hydrogen-bond donors (Lipinski definition) is 2. The quantitative estimate of drug-likeness (QED) is 0.776. The van der Waals surface area contributed by atoms with E-state index in [1.807, 2.05) is 6.92 Å². The average Bonchev–Trinajstić information content (AvgIpc) is 3.36. The summed E-state index contributed by atoms with van der Waals surface area (Å²) in [6, 6.07) is 5.80. The number of urea groups is 1. The number of nitrogens with zero attached hydrogens (tertiary/aromatic N) is 1. The first-order valence-electron chi connectivity index (χ1n) is 8.30. The van der Waals surface area contributed by atoms with Crippen molar-refractivity contribution in [2.45, 2.75) is 25.3 Å². The molecular formula is C19H19ClFN3O2. The van der Waals surface area contributed by atoms with Gasteiger partial charge in [0.2, 0.25) is 0 Å². The summed E-state index contributed by atoms with van der Waals surface area (Å²) >= 11 is 6.28. The molecule has 0 saturated heterocycles. The lowest BCUT2D eigenvalue weighted by molar-refractivity contribution is 0.251. The van der Waals surface area contributed by atoms with Crippen LogP contribution in [0.5, 0.6) is 5.75 Å². The van der Waals surface area contributed by atoms with Crippen molar-refractivity contribution in [3.8, 4) is 5.75 Å². The molecule has 1 heterocycles. The SMILES string of the molecule is C=Cc1cccnc1NC(=O)NC1CC1c1c(F)ccc(OCC)c1Cl. The summed E-state index contributed by atoms with van der Waals surface area (Å²) in [5.41, 5.74) is 1.10. The van der Waals surface area contributed by atoms with E-state index in [1.54, 1.807) is 24.4 Å². The molecule has 2 atom stereocenters. The molecule has 2 aromatic rings. The number of carbonyl (C=O) groups is 1. The van der Waals surface area contributed by atoms with Gasteiger partial charge in [-0.15, -0.1) is 0 Å². The first kappa shape index (κ1) is 18.2. The zero-order valence-corrected chi connectivity index (χ0v) is 15.0. The van der Waals surface area contributed by atoms with E-state index in [0.29, 0.717) is 35.7 Å². The molecule has 1 aromatic heterocycles. The number of carbonyl (C=O) groups excluding carboxylic acids is 1. The van der Waals surface area contributed by atoms with Crippen molar-refractivity contribution in [3.05, 3.63) is 59.0 Å². The Morgan fingerprint density at radius 3 is 3.04 bits per heavy atom. The van der Waals surface area contributed by atoms with Crippen LogP contribution >= 0.6 is 11.6 Å². The third-order valence-corrected chi connectivity index (χ3v) is 4.55. The minimum Gasteiger partial charge on any atom is -0.492 e. The van der Waals surface area contributed by atoms with E-state index in [1.165, 1.54) is 12.1 Å². The first-order valence-corrected chi connectivity index (χ1v) is 8.68. The fraction of sp³-hybridized carbons (Fsp3) is 0.263. The largest absolute Gasteiger partial charge is 0.492 e. The Labute approximate surface area is 156 Å². The third kappa shape index (κ3) is 3.80. The van der Waals surface area contributed by atoms with Crippen LogP contribution in [0.3, 0.4) is 0 Å². The maximum atomic E-state index is 14.2. The molecule has 136 valence electrons. The van der Waals surface area contributed by atoms with Gasteiger partial charge in [-0.25, -0.2) is 14.2 Å². The predicted octanol–water partition coefficient (Wildman–Crippen LogP) is 4.59. The lowest BCUT2D eigenvalue weighted by Crippen LogP contribution is -2.32. The molecule has 1 aromatic carbocycles. The average molecular weight is 376 g/mol. The third-order valence-electron chi connectivity index (χ3n) is 4.16. The van der Waals surface area contributed by atoms with Gasteiger partial charge in [-0.05, 0) is 37.6 Å². The van der Waals surface area contributed by atoms with Gasteiger partial charge in [-0.1, -0.05) is 24.3 Å². The molecule has 2 N–H and O–H groups in total. The first-order chi connectivity index (χ1) is 12.5. The molecule has 2 amide bonds. The van der Waals surface area contributed by atoms with Crippen LogP contribution in [0.1, 0.15) is 30.4 Å². The van der Waals surface area contributed by atoms with Crippen molar-refractivity contribution >= 4 is 29.5 Å². The maximum Gasteiger partial charge on any atom is 0.320 e. The highest BCUT2D eigenvalue weighted by atomic mass is 35.5. The number of ether oxygens (including phenoxy) is 1. The highest BCUT2D eigenvalue weighted by Crippen LogP contribution is 2.47. The molecular weight excluding hydrogens is 357 g/mol. The summed E-state index contributed by atoms with van der Waals surface area (Å²) in [5, 5.41) is 5.76. The van der Waals surface area contributed by atoms with Gasteiger partial charge in [0.1, 0.15) is 17.4 Å². The molecule has 1 fully saturated rings. The van der Waals surface area contributed by atoms with Crippen molar-refractivity contribution in [1.82, 2.24) is 10.3 Å². The minimum atomic E-state index is -0.406. The second-order valence-corrected chi connectivity index (χ2v) is 6.28. The molecule has 0 radical (unpaired) electrons. The summed E-state index contributed by atoms with van der Waals surface area (Å²) in [6.07, 6.45) is 3.80. The van der Waals surface area contributed by atoms with Crippen LogP contribution in [-0.2, 0) is 0 Å². The van der Waals surface area contributed by atoms with Gasteiger partial charge in [-0.2, -0.15) is 0 Å². The summed E-state index contributed by atoms with van der Waals surface area (Å²) in [7, 11) is 0. The Hall–Kier alpha value is -2.60. The van der Waals surface area contributed by atoms with Gasteiger partial charge in [0, 0.05) is 29.3 Å². The number of anilines is 1. The lowest BCUT2D eigenvalue weighted by Gasteiger charge is -2.12. The Balaban J connectivity index is 1.67. The number of amides is 2. The van der Waals surface area contributed by atoms with E-state index in [0.717, 1.165) is 0 Å². The van der Waals surface area contributed by atoms with Crippen molar-refractivity contribution in [2.75, 3.05) is 11.9 Å². The van der Waals surface area contributed by atoms with Crippen LogP contribution in [-0.4, -0.2) is 23.7 Å². The van der Waals surface area contributed by atoms with Gasteiger partial charge in [0.15, 0.2) is 0 Å². The van der Waals surface area contributed by atoms with Crippen LogP contribution in [0.15, 0.2) is 37.0 Å². The van der Waals surface area contributed by atoms with Gasteiger partial charge < -0.3 is 10.1 Å². The Morgan fingerprint density at radius 1 is 1.50 bits per heavy atom. The number of rotatable bonds is 6. The number of halogens is 2. The van der Waals surface area contributed by atoms with Crippen molar-refractivity contribution < 1.29 is 13.9 Å². The molecule has 1 aliphatic carbocycles. The normalized spacial score (nSPS) is 18.1. The number of aromatic nitrogens is 1. The van der Waals surface area contributed by atoms with Crippen molar-refractivity contribution in [2.24, 2.45) is 0 Å². The highest BCUT2D eigenvalue weighted by molar-refractivity contribution is 6.33. The smallest absolute Gasteiger partial charge is 0.320 e. The topological polar surface area (TPSA) is 63.2 Å². The molecule has 0 aliphatic heterocycles. The number of hydrogen-bond acceptors (Lipinski definition) is 3. The molecule has 1 saturated carbocycles. The van der Waals surface area contributed by atoms with Crippen LogP contribution < -0.4 is 15.4 Å². The van der Waals surface area contributed by atoms with E-state index in [4.69, 9.17) is 16.3 Å². The van der Waals surface area contributed by atoms with Crippen LogP contribution in [0.25, 0.3) is 6.08 Å². The van der Waals surface area contributed by atoms with Crippen molar-refractivity contribution in [3.63, 3.8) is 0 Å². The highest BCUT2D eigenvalue weighted by Gasteiger charge is 2.43. The van der Waals surface area contributed by atoms with Crippen LogP contribution in [0.2, 0.25) is 5.02 Å². The summed E-state index contributed by atoms with van der Waals surface area (Å²) in [5.74, 6) is 0.285. The lowest BCUT2D eigenvalue weighted by atomic mass is 10.1. The molecule has 0 bridgehead atoms. The number of pyridine rings is 1. The van der Waals surface area contributed by atoms with Gasteiger partial charge in [0.25, 0.3) is 0 Å². The Kier molecular flexibility index (Phi) is 5.42. The van der Waals surface area contributed by atoms with Crippen LogP contribution in [0, 0.1) is 5.82 Å². The van der Waals surface area contributed by atoms with Gasteiger partial charge in [-0.3, -0.25) is 5.32 Å². The molecule has 3 rings (SSSR count). The van der Waals surface area contributed by atoms with Gasteiger partial charge in [0.05, 0.1) is 11.6 Å². The Morgan fingerprint density at radius 2 is 2.31 bits per heavy atom. The molecule has 26 heavy (non-hydrogen) atoms. The Bertz CT molecular complexity index is 844. The molecule has 7 heteroatoms. The number of benzene rings is 1. The molecule has 1 aliphatic rings. The zero-order valence-electron chi connectivity index (χ0n) is 14.3. The minimum absolute atomic E-state index is 0.184. The standard InChI is InChI=1S/C19H19ClFN3O2/c1-3-11-6-5-9-22-18(11)24-19(25)23-14-10-12(14)16-13(21)7-8-15(17(16)20)26-4-2/h3,5-9,12,14H,1,4,10H2,2H3,(H2,22,23,24,25). The molecule has 2 unspecified atom stereocenters. The second-order valence-electron chi connectivity index (χ2n) is 5.90. The summed E-state index contributed by atoms with van der Waals surface area (Å²) in [4.78, 5) is 16.3. The van der Waals surface area contributed by atoms with E-state index >= 15 is 0 Å². The van der Waals surface area contributed by atoms with E-state index < -0.39 is 11.8 Å². The second kappa shape index (κ2) is 7.74. The summed E-state index contributed by atoms with van der Waals surface area (Å²) in [6.45, 7) is 5.96. The fourth-order valence-electron chi connectivity index (χ4n) is 2.83. The van der Waals surface area contributed by atoms with Crippen molar-refractivity contribution in [1.29, 1.82) is 0 Å². The zero-order chi connectivity index (χ0) is 18.7. The monoisotopic (exact) mass is 375 g/mol. The molecule has 5 nitrogen and oxygen atoms in total. The predicted molar refractivity (Wildman–Crippen MR) is 100 cm³/mol. The number of nitrogens with one attached hydrogen (secondary N) is 2. The van der Waals surface area contributed by atoms with E-state index in [2.05, 4.69) is 22.2 Å². The van der Waals surface area contributed by atoms with E-state index in [9.17, 15) is 9.18 Å². The van der Waals surface area contributed by atoms with Gasteiger partial charge >= 0.3 is 6.03 Å². The maximum absolute atomic E-state index is 14.2. The summed E-state index contributed by atoms with van der Waals surface area (Å²) < 4.78 is 19.6. The fourth-order valence-corrected chi connectivity index (χ4v) is 3.18. The van der Waals surface area contributed by atoms with Crippen LogP contribution in [0.4, 0.5) is 15.0 Å².